The number of unbranched alkanes of at least 4 members (excludes halogenated alkanes) is 2. The Labute approximate surface area is 96.5 Å². The van der Waals surface area contributed by atoms with Gasteiger partial charge in [-0.3, -0.25) is 4.79 Å². The monoisotopic (exact) mass is 224 g/mol. The third kappa shape index (κ3) is 4.05. The van der Waals surface area contributed by atoms with Crippen LogP contribution in [0.1, 0.15) is 48.5 Å². The van der Waals surface area contributed by atoms with Crippen molar-refractivity contribution in [3.05, 3.63) is 34.3 Å². The van der Waals surface area contributed by atoms with E-state index in [4.69, 9.17) is 11.6 Å². The second-order valence-corrected chi connectivity index (χ2v) is 4.33. The van der Waals surface area contributed by atoms with Gasteiger partial charge in [0, 0.05) is 17.0 Å². The molecule has 1 rings (SSSR count). The highest BCUT2D eigenvalue weighted by Crippen LogP contribution is 2.16. The summed E-state index contributed by atoms with van der Waals surface area (Å²) in [5.41, 5.74) is 1.79. The van der Waals surface area contributed by atoms with Crippen LogP contribution in [0, 0.1) is 6.92 Å². The summed E-state index contributed by atoms with van der Waals surface area (Å²) in [6.07, 6.45) is 3.86. The van der Waals surface area contributed by atoms with Gasteiger partial charge in [0.1, 0.15) is 0 Å². The third-order valence-corrected chi connectivity index (χ3v) is 2.59. The summed E-state index contributed by atoms with van der Waals surface area (Å²) in [5, 5.41) is 0.647. The van der Waals surface area contributed by atoms with Crippen LogP contribution in [0.4, 0.5) is 0 Å². The predicted molar refractivity (Wildman–Crippen MR) is 64.7 cm³/mol. The lowest BCUT2D eigenvalue weighted by atomic mass is 10.0. The number of rotatable bonds is 5. The second-order valence-electron chi connectivity index (χ2n) is 3.90. The topological polar surface area (TPSA) is 17.1 Å². The molecule has 0 aliphatic carbocycles. The molecule has 0 N–H and O–H groups in total. The maximum atomic E-state index is 11.8. The molecule has 0 radical (unpaired) electrons. The third-order valence-electron chi connectivity index (χ3n) is 2.37. The molecule has 0 saturated carbocycles. The molecule has 0 atom stereocenters. The van der Waals surface area contributed by atoms with E-state index in [1.165, 1.54) is 0 Å². The molecule has 0 bridgehead atoms. The fraction of sp³-hybridized carbons (Fsp3) is 0.462. The lowest BCUT2D eigenvalue weighted by Gasteiger charge is -2.03. The Morgan fingerprint density at radius 2 is 2.00 bits per heavy atom. The number of ketones is 1. The Morgan fingerprint density at radius 1 is 1.27 bits per heavy atom. The average Bonchev–Trinajstić information content (AvgIpc) is 2.16. The Kier molecular flexibility index (Phi) is 4.83. The quantitative estimate of drug-likeness (QED) is 0.535. The van der Waals surface area contributed by atoms with Crippen LogP contribution < -0.4 is 0 Å². The molecule has 0 aliphatic rings. The molecule has 82 valence electrons. The SMILES string of the molecule is CCCCCC(=O)c1cc(C)cc(Cl)c1. The number of benzene rings is 1. The van der Waals surface area contributed by atoms with Gasteiger partial charge in [-0.15, -0.1) is 0 Å². The fourth-order valence-electron chi connectivity index (χ4n) is 1.58. The summed E-state index contributed by atoms with van der Waals surface area (Å²) < 4.78 is 0. The van der Waals surface area contributed by atoms with Crippen molar-refractivity contribution in [3.63, 3.8) is 0 Å². The lowest BCUT2D eigenvalue weighted by molar-refractivity contribution is 0.0979. The lowest BCUT2D eigenvalue weighted by Crippen LogP contribution is -1.99. The molecule has 0 saturated heterocycles. The largest absolute Gasteiger partial charge is 0.294 e. The number of hydrogen-bond acceptors (Lipinski definition) is 1. The van der Waals surface area contributed by atoms with Crippen LogP contribution >= 0.6 is 11.6 Å². The van der Waals surface area contributed by atoms with Crippen molar-refractivity contribution in [2.75, 3.05) is 0 Å². The van der Waals surface area contributed by atoms with Crippen LogP contribution in [-0.4, -0.2) is 5.78 Å². The molecule has 0 aromatic heterocycles. The van der Waals surface area contributed by atoms with Gasteiger partial charge in [-0.05, 0) is 37.1 Å². The first-order chi connectivity index (χ1) is 7.13. The van der Waals surface area contributed by atoms with Crippen LogP contribution in [0.2, 0.25) is 5.02 Å². The van der Waals surface area contributed by atoms with Crippen LogP contribution in [0.5, 0.6) is 0 Å². The van der Waals surface area contributed by atoms with Crippen LogP contribution in [0.15, 0.2) is 18.2 Å². The summed E-state index contributed by atoms with van der Waals surface area (Å²) in [6, 6.07) is 5.52. The summed E-state index contributed by atoms with van der Waals surface area (Å²) >= 11 is 5.90. The van der Waals surface area contributed by atoms with Crippen molar-refractivity contribution in [1.29, 1.82) is 0 Å². The number of hydrogen-bond donors (Lipinski definition) is 0. The van der Waals surface area contributed by atoms with Crippen LogP contribution in [-0.2, 0) is 0 Å². The molecule has 0 fully saturated rings. The van der Waals surface area contributed by atoms with E-state index >= 15 is 0 Å². The second kappa shape index (κ2) is 5.92. The van der Waals surface area contributed by atoms with E-state index in [0.717, 1.165) is 30.4 Å². The molecule has 0 spiro atoms. The summed E-state index contributed by atoms with van der Waals surface area (Å²) in [5.74, 6) is 0.203. The van der Waals surface area contributed by atoms with E-state index in [2.05, 4.69) is 6.92 Å². The summed E-state index contributed by atoms with van der Waals surface area (Å²) in [4.78, 5) is 11.8. The van der Waals surface area contributed by atoms with E-state index in [-0.39, 0.29) is 5.78 Å². The van der Waals surface area contributed by atoms with Crippen molar-refractivity contribution < 1.29 is 4.79 Å². The van der Waals surface area contributed by atoms with Gasteiger partial charge < -0.3 is 0 Å². The molecule has 15 heavy (non-hydrogen) atoms. The molecule has 1 aromatic rings. The zero-order chi connectivity index (χ0) is 11.3. The van der Waals surface area contributed by atoms with E-state index in [1.54, 1.807) is 6.07 Å². The maximum Gasteiger partial charge on any atom is 0.162 e. The number of carbonyl (C=O) groups excluding carboxylic acids is 1. The minimum Gasteiger partial charge on any atom is -0.294 e. The van der Waals surface area contributed by atoms with Gasteiger partial charge in [-0.1, -0.05) is 31.4 Å². The highest BCUT2D eigenvalue weighted by Gasteiger charge is 2.06. The molecule has 0 unspecified atom stereocenters. The molecular weight excluding hydrogens is 208 g/mol. The van der Waals surface area contributed by atoms with Crippen LogP contribution in [0.25, 0.3) is 0 Å². The Balaban J connectivity index is 2.65. The molecule has 0 aliphatic heterocycles. The Hall–Kier alpha value is -0.820. The van der Waals surface area contributed by atoms with Gasteiger partial charge in [0.2, 0.25) is 0 Å². The van der Waals surface area contributed by atoms with E-state index in [9.17, 15) is 4.79 Å². The Morgan fingerprint density at radius 3 is 2.60 bits per heavy atom. The van der Waals surface area contributed by atoms with Gasteiger partial charge in [-0.25, -0.2) is 0 Å². The molecule has 2 heteroatoms. The molecular formula is C13H17ClO. The zero-order valence-electron chi connectivity index (χ0n) is 9.35. The smallest absolute Gasteiger partial charge is 0.162 e. The van der Waals surface area contributed by atoms with Gasteiger partial charge in [0.25, 0.3) is 0 Å². The van der Waals surface area contributed by atoms with Crippen molar-refractivity contribution in [2.45, 2.75) is 39.5 Å². The van der Waals surface area contributed by atoms with Gasteiger partial charge in [-0.2, -0.15) is 0 Å². The summed E-state index contributed by atoms with van der Waals surface area (Å²) in [6.45, 7) is 4.09. The minimum absolute atomic E-state index is 0.203. The number of Topliss-reactive ketones (excluding diaryl/α,β-unsaturated/α-hetero) is 1. The van der Waals surface area contributed by atoms with Gasteiger partial charge in [0.15, 0.2) is 5.78 Å². The zero-order valence-corrected chi connectivity index (χ0v) is 10.1. The van der Waals surface area contributed by atoms with E-state index in [1.807, 2.05) is 19.1 Å². The summed E-state index contributed by atoms with van der Waals surface area (Å²) in [7, 11) is 0. The first kappa shape index (κ1) is 12.3. The molecule has 1 nitrogen and oxygen atoms in total. The fourth-order valence-corrected chi connectivity index (χ4v) is 1.87. The maximum absolute atomic E-state index is 11.8. The Bertz CT molecular complexity index is 324. The van der Waals surface area contributed by atoms with Crippen molar-refractivity contribution in [3.8, 4) is 0 Å². The van der Waals surface area contributed by atoms with Crippen molar-refractivity contribution >= 4 is 17.4 Å². The highest BCUT2D eigenvalue weighted by atomic mass is 35.5. The standard InChI is InChI=1S/C13H17ClO/c1-3-4-5-6-13(15)11-7-10(2)8-12(14)9-11/h7-9H,3-6H2,1-2H3. The normalized spacial score (nSPS) is 10.3. The number of halogens is 1. The first-order valence-corrected chi connectivity index (χ1v) is 5.81. The molecule has 0 heterocycles. The molecule has 0 amide bonds. The van der Waals surface area contributed by atoms with Crippen LogP contribution in [0.3, 0.4) is 0 Å². The van der Waals surface area contributed by atoms with Crippen molar-refractivity contribution in [1.82, 2.24) is 0 Å². The van der Waals surface area contributed by atoms with E-state index in [0.29, 0.717) is 11.4 Å². The predicted octanol–water partition coefficient (Wildman–Crippen LogP) is 4.41. The number of carbonyl (C=O) groups is 1. The highest BCUT2D eigenvalue weighted by molar-refractivity contribution is 6.31. The minimum atomic E-state index is 0.203. The first-order valence-electron chi connectivity index (χ1n) is 5.44. The van der Waals surface area contributed by atoms with Gasteiger partial charge in [0.05, 0.1) is 0 Å². The molecule has 1 aromatic carbocycles. The van der Waals surface area contributed by atoms with Crippen molar-refractivity contribution in [2.24, 2.45) is 0 Å². The van der Waals surface area contributed by atoms with Gasteiger partial charge >= 0.3 is 0 Å². The number of aryl methyl sites for hydroxylation is 1. The van der Waals surface area contributed by atoms with E-state index < -0.39 is 0 Å². The average molecular weight is 225 g/mol.